The topological polar surface area (TPSA) is 84.2 Å². The van der Waals surface area contributed by atoms with Gasteiger partial charge in [0.25, 0.3) is 5.91 Å². The molecule has 1 unspecified atom stereocenters. The van der Waals surface area contributed by atoms with Gasteiger partial charge in [-0.25, -0.2) is 0 Å². The maximum absolute atomic E-state index is 12.1. The third-order valence-corrected chi connectivity index (χ3v) is 5.15. The summed E-state index contributed by atoms with van der Waals surface area (Å²) in [5.41, 5.74) is 6.51. The monoisotopic (exact) mass is 373 g/mol. The lowest BCUT2D eigenvalue weighted by Gasteiger charge is -2.30. The molecule has 1 aliphatic carbocycles. The molecule has 7 heteroatoms. The third-order valence-electron chi connectivity index (χ3n) is 4.47. The van der Waals surface area contributed by atoms with Gasteiger partial charge in [-0.15, -0.1) is 12.4 Å². The van der Waals surface area contributed by atoms with E-state index >= 15 is 0 Å². The molecule has 0 saturated heterocycles. The lowest BCUT2D eigenvalue weighted by molar-refractivity contribution is -0.122. The minimum atomic E-state index is -0.0753. The lowest BCUT2D eigenvalue weighted by Crippen LogP contribution is -2.46. The molecular weight excluding hydrogens is 346 g/mol. The number of amides is 2. The van der Waals surface area contributed by atoms with Gasteiger partial charge < -0.3 is 16.4 Å². The quantitative estimate of drug-likeness (QED) is 0.612. The first kappa shape index (κ1) is 20.9. The molecule has 4 N–H and O–H groups in total. The van der Waals surface area contributed by atoms with Crippen LogP contribution in [0.25, 0.3) is 0 Å². The van der Waals surface area contributed by atoms with Crippen LogP contribution in [0, 0.1) is 5.92 Å². The summed E-state index contributed by atoms with van der Waals surface area (Å²) in [5.74, 6) is 0.487. The molecule has 2 amide bonds. The Labute approximate surface area is 154 Å². The van der Waals surface area contributed by atoms with Gasteiger partial charge in [-0.1, -0.05) is 19.3 Å². The molecule has 1 aromatic heterocycles. The maximum Gasteiger partial charge on any atom is 0.252 e. The summed E-state index contributed by atoms with van der Waals surface area (Å²) in [6.45, 7) is 1.02. The largest absolute Gasteiger partial charge is 0.352 e. The van der Waals surface area contributed by atoms with Crippen LogP contribution in [0.1, 0.15) is 55.3 Å². The van der Waals surface area contributed by atoms with Gasteiger partial charge >= 0.3 is 0 Å². The van der Waals surface area contributed by atoms with Crippen LogP contribution in [0.15, 0.2) is 16.8 Å². The molecule has 0 bridgehead atoms. The molecule has 1 aliphatic rings. The molecule has 5 nitrogen and oxygen atoms in total. The molecule has 1 saturated carbocycles. The van der Waals surface area contributed by atoms with Gasteiger partial charge in [-0.2, -0.15) is 11.3 Å². The van der Waals surface area contributed by atoms with Crippen LogP contribution in [0.3, 0.4) is 0 Å². The molecule has 136 valence electrons. The molecule has 2 rings (SSSR count). The summed E-state index contributed by atoms with van der Waals surface area (Å²) in [7, 11) is 0. The van der Waals surface area contributed by atoms with Crippen LogP contribution in [-0.2, 0) is 4.79 Å². The van der Waals surface area contributed by atoms with Gasteiger partial charge in [0.05, 0.1) is 0 Å². The number of hydrogen-bond donors (Lipinski definition) is 3. The number of nitrogens with one attached hydrogen (secondary N) is 2. The maximum atomic E-state index is 12.1. The second-order valence-corrected chi connectivity index (χ2v) is 6.96. The Morgan fingerprint density at radius 2 is 2.04 bits per heavy atom. The fourth-order valence-corrected chi connectivity index (χ4v) is 3.77. The van der Waals surface area contributed by atoms with Gasteiger partial charge in [0.2, 0.25) is 5.91 Å². The van der Waals surface area contributed by atoms with E-state index in [1.165, 1.54) is 43.4 Å². The Bertz CT molecular complexity index is 490. The number of rotatable bonds is 8. The lowest BCUT2D eigenvalue weighted by atomic mass is 9.84. The third kappa shape index (κ3) is 6.79. The summed E-state index contributed by atoms with van der Waals surface area (Å²) in [4.78, 5) is 23.8. The Morgan fingerprint density at radius 1 is 1.29 bits per heavy atom. The second-order valence-electron chi connectivity index (χ2n) is 6.18. The van der Waals surface area contributed by atoms with Crippen LogP contribution in [0.2, 0.25) is 0 Å². The van der Waals surface area contributed by atoms with E-state index in [1.807, 2.05) is 10.8 Å². The zero-order valence-electron chi connectivity index (χ0n) is 14.0. The molecule has 24 heavy (non-hydrogen) atoms. The molecule has 0 aliphatic heterocycles. The molecular formula is C17H28ClN3O2S. The van der Waals surface area contributed by atoms with Gasteiger partial charge in [-0.05, 0) is 36.6 Å². The van der Waals surface area contributed by atoms with Crippen LogP contribution in [0.4, 0.5) is 0 Å². The van der Waals surface area contributed by atoms with Crippen LogP contribution < -0.4 is 16.4 Å². The summed E-state index contributed by atoms with van der Waals surface area (Å²) in [5, 5.41) is 9.60. The first-order chi connectivity index (χ1) is 11.2. The van der Waals surface area contributed by atoms with Gasteiger partial charge in [0, 0.05) is 36.5 Å². The van der Waals surface area contributed by atoms with Gasteiger partial charge in [0.15, 0.2) is 0 Å². The van der Waals surface area contributed by atoms with Gasteiger partial charge in [-0.3, -0.25) is 9.59 Å². The van der Waals surface area contributed by atoms with E-state index in [0.29, 0.717) is 37.4 Å². The summed E-state index contributed by atoms with van der Waals surface area (Å²) in [6, 6.07) is 1.89. The number of nitrogens with two attached hydrogens (primary N) is 1. The van der Waals surface area contributed by atoms with Crippen molar-refractivity contribution < 1.29 is 9.59 Å². The van der Waals surface area contributed by atoms with Crippen molar-refractivity contribution in [2.24, 2.45) is 11.7 Å². The molecule has 1 aromatic rings. The average molecular weight is 374 g/mol. The first-order valence-electron chi connectivity index (χ1n) is 8.50. The number of carbonyl (C=O) groups is 2. The van der Waals surface area contributed by atoms with Crippen LogP contribution in [-0.4, -0.2) is 30.9 Å². The Balaban J connectivity index is 0.00000288. The molecule has 0 radical (unpaired) electrons. The van der Waals surface area contributed by atoms with Crippen LogP contribution in [0.5, 0.6) is 0 Å². The summed E-state index contributed by atoms with van der Waals surface area (Å²) in [6.07, 6.45) is 7.18. The number of hydrogen-bond acceptors (Lipinski definition) is 4. The number of carbonyl (C=O) groups excluding carboxylic acids is 2. The van der Waals surface area contributed by atoms with Crippen molar-refractivity contribution in [1.82, 2.24) is 10.6 Å². The Kier molecular flexibility index (Phi) is 9.98. The van der Waals surface area contributed by atoms with Crippen molar-refractivity contribution in [2.75, 3.05) is 13.1 Å². The molecule has 0 spiro atoms. The van der Waals surface area contributed by atoms with E-state index in [1.54, 1.807) is 6.07 Å². The molecule has 0 aromatic carbocycles. The van der Waals surface area contributed by atoms with E-state index in [9.17, 15) is 9.59 Å². The van der Waals surface area contributed by atoms with Crippen LogP contribution >= 0.6 is 23.7 Å². The zero-order chi connectivity index (χ0) is 16.5. The van der Waals surface area contributed by atoms with E-state index < -0.39 is 0 Å². The molecule has 1 heterocycles. The van der Waals surface area contributed by atoms with E-state index in [-0.39, 0.29) is 30.3 Å². The first-order valence-corrected chi connectivity index (χ1v) is 9.45. The van der Waals surface area contributed by atoms with Crippen molar-refractivity contribution in [2.45, 2.75) is 51.0 Å². The minimum absolute atomic E-state index is 0. The van der Waals surface area contributed by atoms with Crippen molar-refractivity contribution in [1.29, 1.82) is 0 Å². The number of halogens is 1. The molecule has 1 atom stereocenters. The van der Waals surface area contributed by atoms with Crippen molar-refractivity contribution in [3.63, 3.8) is 0 Å². The predicted octanol–water partition coefficient (Wildman–Crippen LogP) is 2.70. The fourth-order valence-electron chi connectivity index (χ4n) is 3.13. The highest BCUT2D eigenvalue weighted by Gasteiger charge is 2.23. The second kappa shape index (κ2) is 11.4. The minimum Gasteiger partial charge on any atom is -0.352 e. The van der Waals surface area contributed by atoms with E-state index in [2.05, 4.69) is 10.6 Å². The standard InChI is InChI=1S/C17H27N3O2S.ClH/c18-11-15(13-5-2-1-3-6-13)20-16(21)7-4-9-19-17(22)14-8-10-23-12-14;/h8,10,12-13,15H,1-7,9,11,18H2,(H,19,22)(H,20,21);1H. The number of thiophene rings is 1. The average Bonchev–Trinajstić information content (AvgIpc) is 3.12. The highest BCUT2D eigenvalue weighted by Crippen LogP contribution is 2.26. The van der Waals surface area contributed by atoms with Crippen molar-refractivity contribution in [3.05, 3.63) is 22.4 Å². The highest BCUT2D eigenvalue weighted by molar-refractivity contribution is 7.08. The highest BCUT2D eigenvalue weighted by atomic mass is 35.5. The van der Waals surface area contributed by atoms with Crippen molar-refractivity contribution in [3.8, 4) is 0 Å². The summed E-state index contributed by atoms with van der Waals surface area (Å²) >= 11 is 1.50. The SMILES string of the molecule is Cl.NCC(NC(=O)CCCNC(=O)c1ccsc1)C1CCCCC1. The predicted molar refractivity (Wildman–Crippen MR) is 101 cm³/mol. The fraction of sp³-hybridized carbons (Fsp3) is 0.647. The summed E-state index contributed by atoms with van der Waals surface area (Å²) < 4.78 is 0. The smallest absolute Gasteiger partial charge is 0.252 e. The normalized spacial score (nSPS) is 16.0. The van der Waals surface area contributed by atoms with E-state index in [4.69, 9.17) is 5.73 Å². The molecule has 1 fully saturated rings. The Hall–Kier alpha value is -1.11. The van der Waals surface area contributed by atoms with E-state index in [0.717, 1.165) is 0 Å². The van der Waals surface area contributed by atoms with Crippen molar-refractivity contribution >= 4 is 35.6 Å². The Morgan fingerprint density at radius 3 is 2.67 bits per heavy atom. The van der Waals surface area contributed by atoms with Gasteiger partial charge in [0.1, 0.15) is 0 Å². The zero-order valence-corrected chi connectivity index (χ0v) is 15.6.